The molecule has 1 aliphatic heterocycles. The molecule has 1 N–H and O–H groups in total. The SMILES string of the molecule is COc1ccc(OC)c([C@@H]2C3=C(CC(C)(C)CC3=O)Nc3nc(SC)nn32)c1. The molecule has 28 heavy (non-hydrogen) atoms. The number of hydrogen-bond acceptors (Lipinski definition) is 7. The molecule has 1 aromatic carbocycles. The first-order valence-corrected chi connectivity index (χ1v) is 10.3. The summed E-state index contributed by atoms with van der Waals surface area (Å²) in [6.07, 6.45) is 3.21. The number of hydrogen-bond donors (Lipinski definition) is 1. The molecule has 2 aliphatic rings. The lowest BCUT2D eigenvalue weighted by molar-refractivity contribution is -0.118. The van der Waals surface area contributed by atoms with Gasteiger partial charge in [0.05, 0.1) is 14.2 Å². The van der Waals surface area contributed by atoms with E-state index in [1.807, 2.05) is 24.5 Å². The van der Waals surface area contributed by atoms with Gasteiger partial charge in [0.1, 0.15) is 17.5 Å². The quantitative estimate of drug-likeness (QED) is 0.785. The van der Waals surface area contributed by atoms with E-state index < -0.39 is 6.04 Å². The average Bonchev–Trinajstić information content (AvgIpc) is 3.07. The number of carbonyl (C=O) groups excluding carboxylic acids is 1. The van der Waals surface area contributed by atoms with Crippen molar-refractivity contribution in [2.45, 2.75) is 37.9 Å². The van der Waals surface area contributed by atoms with Crippen LogP contribution < -0.4 is 14.8 Å². The summed E-state index contributed by atoms with van der Waals surface area (Å²) in [5.41, 5.74) is 2.39. The zero-order valence-electron chi connectivity index (χ0n) is 16.7. The van der Waals surface area contributed by atoms with E-state index in [1.54, 1.807) is 18.9 Å². The Kier molecular flexibility index (Phi) is 4.61. The maximum absolute atomic E-state index is 13.2. The van der Waals surface area contributed by atoms with Crippen molar-refractivity contribution in [1.29, 1.82) is 0 Å². The molecule has 2 aromatic rings. The van der Waals surface area contributed by atoms with Crippen LogP contribution in [0.2, 0.25) is 0 Å². The Morgan fingerprint density at radius 1 is 1.25 bits per heavy atom. The van der Waals surface area contributed by atoms with Gasteiger partial charge >= 0.3 is 0 Å². The summed E-state index contributed by atoms with van der Waals surface area (Å²) in [4.78, 5) is 17.8. The van der Waals surface area contributed by atoms with Crippen LogP contribution in [0.4, 0.5) is 5.95 Å². The fraction of sp³-hybridized carbons (Fsp3) is 0.450. The minimum atomic E-state index is -0.409. The number of anilines is 1. The van der Waals surface area contributed by atoms with Crippen molar-refractivity contribution in [2.75, 3.05) is 25.8 Å². The standard InChI is InChI=1S/C20H24N4O3S/c1-20(2)9-13-16(14(25)10-20)17(24-18(21-13)22-19(23-24)28-5)12-8-11(26-3)6-7-15(12)27-4/h6-8,17H,9-10H2,1-5H3,(H,21,22,23)/t17-/m1/s1. The van der Waals surface area contributed by atoms with Crippen LogP contribution in [0.5, 0.6) is 11.5 Å². The number of ether oxygens (including phenoxy) is 2. The molecular formula is C20H24N4O3S. The van der Waals surface area contributed by atoms with Gasteiger partial charge in [-0.05, 0) is 36.3 Å². The van der Waals surface area contributed by atoms with Gasteiger partial charge in [0, 0.05) is 23.3 Å². The largest absolute Gasteiger partial charge is 0.497 e. The minimum Gasteiger partial charge on any atom is -0.497 e. The lowest BCUT2D eigenvalue weighted by Crippen LogP contribution is -2.36. The normalized spacial score (nSPS) is 20.3. The van der Waals surface area contributed by atoms with Gasteiger partial charge in [0.25, 0.3) is 0 Å². The highest BCUT2D eigenvalue weighted by atomic mass is 32.2. The topological polar surface area (TPSA) is 78.3 Å². The first kappa shape index (κ1) is 18.9. The summed E-state index contributed by atoms with van der Waals surface area (Å²) in [5.74, 6) is 2.15. The smallest absolute Gasteiger partial charge is 0.227 e. The second kappa shape index (κ2) is 6.84. The van der Waals surface area contributed by atoms with E-state index in [0.29, 0.717) is 29.0 Å². The Hall–Kier alpha value is -2.48. The third-order valence-electron chi connectivity index (χ3n) is 5.23. The number of Topliss-reactive ketones (excluding diaryl/α,β-unsaturated/α-hetero) is 1. The summed E-state index contributed by atoms with van der Waals surface area (Å²) in [5, 5.41) is 8.66. The van der Waals surface area contributed by atoms with Gasteiger partial charge in [-0.15, -0.1) is 5.10 Å². The monoisotopic (exact) mass is 400 g/mol. The lowest BCUT2D eigenvalue weighted by atomic mass is 9.73. The van der Waals surface area contributed by atoms with Gasteiger partial charge in [-0.3, -0.25) is 4.79 Å². The van der Waals surface area contributed by atoms with Gasteiger partial charge in [-0.1, -0.05) is 25.6 Å². The third-order valence-corrected chi connectivity index (χ3v) is 5.76. The van der Waals surface area contributed by atoms with Gasteiger partial charge in [-0.25, -0.2) is 4.68 Å². The van der Waals surface area contributed by atoms with E-state index in [1.165, 1.54) is 11.8 Å². The zero-order valence-corrected chi connectivity index (χ0v) is 17.5. The van der Waals surface area contributed by atoms with Gasteiger partial charge in [0.2, 0.25) is 11.1 Å². The van der Waals surface area contributed by atoms with Crippen molar-refractivity contribution in [2.24, 2.45) is 5.41 Å². The predicted molar refractivity (Wildman–Crippen MR) is 108 cm³/mol. The zero-order chi connectivity index (χ0) is 20.1. The van der Waals surface area contributed by atoms with E-state index in [9.17, 15) is 4.79 Å². The van der Waals surface area contributed by atoms with Crippen molar-refractivity contribution in [3.05, 3.63) is 35.0 Å². The molecule has 1 aromatic heterocycles. The second-order valence-corrected chi connectivity index (χ2v) is 8.61. The molecule has 148 valence electrons. The van der Waals surface area contributed by atoms with Gasteiger partial charge in [0.15, 0.2) is 5.78 Å². The van der Waals surface area contributed by atoms with Crippen LogP contribution in [0.15, 0.2) is 34.6 Å². The molecule has 1 aliphatic carbocycles. The lowest BCUT2D eigenvalue weighted by Gasteiger charge is -2.38. The number of aromatic nitrogens is 3. The molecular weight excluding hydrogens is 376 g/mol. The number of fused-ring (bicyclic) bond motifs is 1. The summed E-state index contributed by atoms with van der Waals surface area (Å²) in [6.45, 7) is 4.23. The molecule has 2 heterocycles. The Morgan fingerprint density at radius 3 is 2.71 bits per heavy atom. The van der Waals surface area contributed by atoms with Crippen LogP contribution in [0.3, 0.4) is 0 Å². The van der Waals surface area contributed by atoms with Crippen molar-refractivity contribution >= 4 is 23.5 Å². The van der Waals surface area contributed by atoms with Crippen LogP contribution in [0, 0.1) is 5.41 Å². The van der Waals surface area contributed by atoms with Crippen molar-refractivity contribution in [1.82, 2.24) is 14.8 Å². The maximum atomic E-state index is 13.2. The molecule has 0 unspecified atom stereocenters. The van der Waals surface area contributed by atoms with Crippen LogP contribution in [-0.4, -0.2) is 41.0 Å². The molecule has 0 spiro atoms. The van der Waals surface area contributed by atoms with E-state index in [2.05, 4.69) is 29.2 Å². The number of carbonyl (C=O) groups is 1. The van der Waals surface area contributed by atoms with Gasteiger partial charge in [-0.2, -0.15) is 4.98 Å². The average molecular weight is 401 g/mol. The predicted octanol–water partition coefficient (Wildman–Crippen LogP) is 3.68. The van der Waals surface area contributed by atoms with Gasteiger partial charge < -0.3 is 14.8 Å². The van der Waals surface area contributed by atoms with Crippen molar-refractivity contribution in [3.8, 4) is 11.5 Å². The number of nitrogens with one attached hydrogen (secondary N) is 1. The second-order valence-electron chi connectivity index (χ2n) is 7.84. The third kappa shape index (κ3) is 3.05. The van der Waals surface area contributed by atoms with Crippen molar-refractivity contribution in [3.63, 3.8) is 0 Å². The molecule has 7 nitrogen and oxygen atoms in total. The highest BCUT2D eigenvalue weighted by molar-refractivity contribution is 7.98. The summed E-state index contributed by atoms with van der Waals surface area (Å²) >= 11 is 1.47. The molecule has 1 atom stereocenters. The number of thioether (sulfide) groups is 1. The van der Waals surface area contributed by atoms with E-state index >= 15 is 0 Å². The minimum absolute atomic E-state index is 0.101. The number of ketones is 1. The molecule has 0 amide bonds. The van der Waals surface area contributed by atoms with Crippen LogP contribution in [0.1, 0.15) is 38.3 Å². The molecule has 0 saturated heterocycles. The number of benzene rings is 1. The fourth-order valence-electron chi connectivity index (χ4n) is 4.02. The fourth-order valence-corrected chi connectivity index (χ4v) is 4.36. The first-order valence-electron chi connectivity index (χ1n) is 9.12. The van der Waals surface area contributed by atoms with Crippen LogP contribution >= 0.6 is 11.8 Å². The maximum Gasteiger partial charge on any atom is 0.227 e. The molecule has 0 bridgehead atoms. The van der Waals surface area contributed by atoms with E-state index in [-0.39, 0.29) is 11.2 Å². The highest BCUT2D eigenvalue weighted by Crippen LogP contribution is 2.47. The van der Waals surface area contributed by atoms with E-state index in [4.69, 9.17) is 9.47 Å². The summed E-state index contributed by atoms with van der Waals surface area (Å²) < 4.78 is 12.8. The highest BCUT2D eigenvalue weighted by Gasteiger charge is 2.42. The van der Waals surface area contributed by atoms with E-state index in [0.717, 1.165) is 23.3 Å². The molecule has 8 heteroatoms. The Bertz CT molecular complexity index is 980. The molecule has 4 rings (SSSR count). The Morgan fingerprint density at radius 2 is 2.04 bits per heavy atom. The first-order chi connectivity index (χ1) is 13.4. The Labute approximate surface area is 168 Å². The van der Waals surface area contributed by atoms with Crippen LogP contribution in [0.25, 0.3) is 0 Å². The van der Waals surface area contributed by atoms with Crippen molar-refractivity contribution < 1.29 is 14.3 Å². The summed E-state index contributed by atoms with van der Waals surface area (Å²) in [6, 6.07) is 5.21. The number of rotatable bonds is 4. The number of methoxy groups -OCH3 is 2. The molecule has 0 saturated carbocycles. The molecule has 0 radical (unpaired) electrons. The number of nitrogens with zero attached hydrogens (tertiary/aromatic N) is 3. The number of allylic oxidation sites excluding steroid dienone is 2. The van der Waals surface area contributed by atoms with Crippen LogP contribution in [-0.2, 0) is 4.79 Å². The summed E-state index contributed by atoms with van der Waals surface area (Å²) in [7, 11) is 3.25. The molecule has 0 fully saturated rings. The Balaban J connectivity index is 1.96.